The number of hydrogen-bond donors (Lipinski definition) is 1. The molecule has 0 radical (unpaired) electrons. The molecule has 0 aliphatic heterocycles. The van der Waals surface area contributed by atoms with Crippen molar-refractivity contribution in [3.8, 4) is 6.07 Å². The predicted molar refractivity (Wildman–Crippen MR) is 70.0 cm³/mol. The molecule has 0 bridgehead atoms. The third-order valence-corrected chi connectivity index (χ3v) is 2.48. The Kier molecular flexibility index (Phi) is 3.67. The van der Waals surface area contributed by atoms with Gasteiger partial charge in [0.15, 0.2) is 0 Å². The summed E-state index contributed by atoms with van der Waals surface area (Å²) in [5.41, 5.74) is 0.896. The van der Waals surface area contributed by atoms with Gasteiger partial charge in [0.1, 0.15) is 11.8 Å². The molecular weight excluding hydrogens is 260 g/mol. The van der Waals surface area contributed by atoms with Crippen LogP contribution in [0.25, 0.3) is 0 Å². The summed E-state index contributed by atoms with van der Waals surface area (Å²) in [6.45, 7) is 0. The van der Waals surface area contributed by atoms with Crippen molar-refractivity contribution < 1.29 is 9.72 Å². The van der Waals surface area contributed by atoms with Crippen LogP contribution in [0.5, 0.6) is 0 Å². The SMILES string of the molecule is N#Cc1ccc(C(=O)Nc2ccc([N+](=O)[O-])cc2)cn1. The second kappa shape index (κ2) is 5.58. The van der Waals surface area contributed by atoms with Gasteiger partial charge in [-0.15, -0.1) is 0 Å². The second-order valence-electron chi connectivity index (χ2n) is 3.80. The van der Waals surface area contributed by atoms with Gasteiger partial charge in [-0.2, -0.15) is 5.26 Å². The lowest BCUT2D eigenvalue weighted by molar-refractivity contribution is -0.384. The maximum absolute atomic E-state index is 11.9. The average molecular weight is 268 g/mol. The zero-order valence-corrected chi connectivity index (χ0v) is 10.1. The lowest BCUT2D eigenvalue weighted by atomic mass is 10.2. The van der Waals surface area contributed by atoms with Crippen LogP contribution in [0, 0.1) is 21.4 Å². The Morgan fingerprint density at radius 1 is 1.25 bits per heavy atom. The zero-order valence-electron chi connectivity index (χ0n) is 10.1. The number of nitriles is 1. The number of anilines is 1. The van der Waals surface area contributed by atoms with E-state index in [1.165, 1.54) is 42.6 Å². The van der Waals surface area contributed by atoms with Crippen LogP contribution < -0.4 is 5.32 Å². The number of hydrogen-bond acceptors (Lipinski definition) is 5. The van der Waals surface area contributed by atoms with E-state index in [0.717, 1.165) is 0 Å². The molecule has 0 unspecified atom stereocenters. The molecule has 0 saturated heterocycles. The Bertz CT molecular complexity index is 687. The number of carbonyl (C=O) groups is 1. The van der Waals surface area contributed by atoms with Crippen LogP contribution in [0.15, 0.2) is 42.6 Å². The van der Waals surface area contributed by atoms with E-state index in [0.29, 0.717) is 11.3 Å². The van der Waals surface area contributed by atoms with Gasteiger partial charge in [0, 0.05) is 24.0 Å². The van der Waals surface area contributed by atoms with Crippen LogP contribution in [-0.4, -0.2) is 15.8 Å². The Morgan fingerprint density at radius 3 is 2.45 bits per heavy atom. The van der Waals surface area contributed by atoms with E-state index >= 15 is 0 Å². The van der Waals surface area contributed by atoms with E-state index in [-0.39, 0.29) is 11.4 Å². The molecule has 1 N–H and O–H groups in total. The highest BCUT2D eigenvalue weighted by Crippen LogP contribution is 2.16. The topological polar surface area (TPSA) is 109 Å². The smallest absolute Gasteiger partial charge is 0.269 e. The van der Waals surface area contributed by atoms with Crippen LogP contribution >= 0.6 is 0 Å². The van der Waals surface area contributed by atoms with E-state index < -0.39 is 10.8 Å². The molecular formula is C13H8N4O3. The Labute approximate surface area is 113 Å². The predicted octanol–water partition coefficient (Wildman–Crippen LogP) is 2.11. The van der Waals surface area contributed by atoms with Crippen LogP contribution in [0.3, 0.4) is 0 Å². The monoisotopic (exact) mass is 268 g/mol. The summed E-state index contributed by atoms with van der Waals surface area (Å²) in [4.78, 5) is 25.6. The van der Waals surface area contributed by atoms with Gasteiger partial charge in [0.05, 0.1) is 10.5 Å². The largest absolute Gasteiger partial charge is 0.322 e. The number of pyridine rings is 1. The van der Waals surface area contributed by atoms with Crippen LogP contribution in [0.1, 0.15) is 16.1 Å². The molecule has 20 heavy (non-hydrogen) atoms. The Morgan fingerprint density at radius 2 is 1.95 bits per heavy atom. The first-order chi connectivity index (χ1) is 9.60. The first kappa shape index (κ1) is 13.2. The lowest BCUT2D eigenvalue weighted by Gasteiger charge is -2.04. The van der Waals surface area contributed by atoms with Crippen LogP contribution in [-0.2, 0) is 0 Å². The summed E-state index contributed by atoms with van der Waals surface area (Å²) in [5.74, 6) is -0.407. The zero-order chi connectivity index (χ0) is 14.5. The van der Waals surface area contributed by atoms with Crippen molar-refractivity contribution >= 4 is 17.3 Å². The quantitative estimate of drug-likeness (QED) is 0.677. The first-order valence-electron chi connectivity index (χ1n) is 5.52. The molecule has 7 heteroatoms. The van der Waals surface area contributed by atoms with Gasteiger partial charge in [-0.05, 0) is 24.3 Å². The average Bonchev–Trinajstić information content (AvgIpc) is 2.48. The molecule has 0 atom stereocenters. The number of amides is 1. The normalized spacial score (nSPS) is 9.55. The molecule has 0 fully saturated rings. The molecule has 0 aliphatic carbocycles. The number of nitrogens with zero attached hydrogens (tertiary/aromatic N) is 3. The van der Waals surface area contributed by atoms with Gasteiger partial charge in [0.2, 0.25) is 0 Å². The summed E-state index contributed by atoms with van der Waals surface area (Å²) in [6, 6.07) is 10.2. The van der Waals surface area contributed by atoms with Gasteiger partial charge >= 0.3 is 0 Å². The van der Waals surface area contributed by atoms with Crippen LogP contribution in [0.4, 0.5) is 11.4 Å². The van der Waals surface area contributed by atoms with E-state index in [2.05, 4.69) is 10.3 Å². The number of nitrogens with one attached hydrogen (secondary N) is 1. The molecule has 2 aromatic rings. The van der Waals surface area contributed by atoms with Crippen LogP contribution in [0.2, 0.25) is 0 Å². The molecule has 2 rings (SSSR count). The summed E-state index contributed by atoms with van der Waals surface area (Å²) < 4.78 is 0. The number of nitro benzene ring substituents is 1. The number of aromatic nitrogens is 1. The third kappa shape index (κ3) is 2.94. The van der Waals surface area contributed by atoms with Crippen molar-refractivity contribution in [2.75, 3.05) is 5.32 Å². The lowest BCUT2D eigenvalue weighted by Crippen LogP contribution is -2.12. The van der Waals surface area contributed by atoms with Crippen molar-refractivity contribution in [1.82, 2.24) is 4.98 Å². The van der Waals surface area contributed by atoms with Gasteiger partial charge < -0.3 is 5.32 Å². The number of benzene rings is 1. The Hall–Kier alpha value is -3.27. The van der Waals surface area contributed by atoms with E-state index in [9.17, 15) is 14.9 Å². The summed E-state index contributed by atoms with van der Waals surface area (Å²) in [7, 11) is 0. The van der Waals surface area contributed by atoms with Gasteiger partial charge in [-0.25, -0.2) is 4.98 Å². The van der Waals surface area contributed by atoms with Crippen molar-refractivity contribution in [1.29, 1.82) is 5.26 Å². The third-order valence-electron chi connectivity index (χ3n) is 2.48. The summed E-state index contributed by atoms with van der Waals surface area (Å²) in [6.07, 6.45) is 1.29. The van der Waals surface area contributed by atoms with Crippen molar-refractivity contribution in [2.45, 2.75) is 0 Å². The number of carbonyl (C=O) groups excluding carboxylic acids is 1. The highest BCUT2D eigenvalue weighted by Gasteiger charge is 2.08. The van der Waals surface area contributed by atoms with Gasteiger partial charge in [0.25, 0.3) is 11.6 Å². The number of non-ortho nitro benzene ring substituents is 1. The fourth-order valence-corrected chi connectivity index (χ4v) is 1.46. The molecule has 0 spiro atoms. The van der Waals surface area contributed by atoms with Gasteiger partial charge in [-0.1, -0.05) is 0 Å². The van der Waals surface area contributed by atoms with Gasteiger partial charge in [-0.3, -0.25) is 14.9 Å². The Balaban J connectivity index is 2.10. The number of nitro groups is 1. The van der Waals surface area contributed by atoms with E-state index in [1.54, 1.807) is 0 Å². The fraction of sp³-hybridized carbons (Fsp3) is 0. The minimum Gasteiger partial charge on any atom is -0.322 e. The maximum Gasteiger partial charge on any atom is 0.269 e. The van der Waals surface area contributed by atoms with E-state index in [4.69, 9.17) is 5.26 Å². The summed E-state index contributed by atoms with van der Waals surface area (Å²) >= 11 is 0. The minimum atomic E-state index is -0.518. The van der Waals surface area contributed by atoms with Crippen molar-refractivity contribution in [3.05, 3.63) is 64.0 Å². The summed E-state index contributed by atoms with van der Waals surface area (Å²) in [5, 5.41) is 21.7. The molecule has 1 heterocycles. The van der Waals surface area contributed by atoms with E-state index in [1.807, 2.05) is 6.07 Å². The highest BCUT2D eigenvalue weighted by molar-refractivity contribution is 6.04. The second-order valence-corrected chi connectivity index (χ2v) is 3.80. The molecule has 1 amide bonds. The highest BCUT2D eigenvalue weighted by atomic mass is 16.6. The van der Waals surface area contributed by atoms with Crippen molar-refractivity contribution in [2.24, 2.45) is 0 Å². The fourth-order valence-electron chi connectivity index (χ4n) is 1.46. The molecule has 1 aromatic heterocycles. The standard InChI is InChI=1S/C13H8N4O3/c14-7-11-2-1-9(8-15-11)13(18)16-10-3-5-12(6-4-10)17(19)20/h1-6,8H,(H,16,18). The molecule has 0 saturated carbocycles. The molecule has 0 aliphatic rings. The first-order valence-corrected chi connectivity index (χ1v) is 5.52. The minimum absolute atomic E-state index is 0.0527. The molecule has 1 aromatic carbocycles. The van der Waals surface area contributed by atoms with Crippen molar-refractivity contribution in [3.63, 3.8) is 0 Å². The molecule has 7 nitrogen and oxygen atoms in total. The maximum atomic E-state index is 11.9. The number of rotatable bonds is 3. The molecule has 98 valence electrons.